The third-order valence-corrected chi connectivity index (χ3v) is 5.89. The van der Waals surface area contributed by atoms with Gasteiger partial charge in [0.2, 0.25) is 5.91 Å². The van der Waals surface area contributed by atoms with E-state index in [0.29, 0.717) is 19.4 Å². The van der Waals surface area contributed by atoms with Crippen LogP contribution >= 0.6 is 0 Å². The molecule has 4 heteroatoms. The molecule has 1 amide bonds. The van der Waals surface area contributed by atoms with Gasteiger partial charge in [-0.1, -0.05) is 84.9 Å². The molecule has 0 bridgehead atoms. The van der Waals surface area contributed by atoms with Crippen molar-refractivity contribution in [2.24, 2.45) is 0 Å². The van der Waals surface area contributed by atoms with E-state index < -0.39 is 0 Å². The maximum atomic E-state index is 12.5. The molecule has 4 aromatic rings. The van der Waals surface area contributed by atoms with E-state index in [2.05, 4.69) is 35.7 Å². The van der Waals surface area contributed by atoms with Crippen molar-refractivity contribution < 1.29 is 14.6 Å². The summed E-state index contributed by atoms with van der Waals surface area (Å²) in [5.41, 5.74) is 6.46. The van der Waals surface area contributed by atoms with Crippen LogP contribution in [-0.2, 0) is 17.8 Å². The minimum absolute atomic E-state index is 0.0242. The molecule has 4 nitrogen and oxygen atoms in total. The fourth-order valence-electron chi connectivity index (χ4n) is 3.93. The number of phenolic OH excluding ortho intramolecular Hbond substituents is 1. The summed E-state index contributed by atoms with van der Waals surface area (Å²) in [4.78, 5) is 12.5. The van der Waals surface area contributed by atoms with Gasteiger partial charge in [-0.3, -0.25) is 4.79 Å². The lowest BCUT2D eigenvalue weighted by molar-refractivity contribution is -0.121. The fraction of sp³-hybridized carbons (Fsp3) is 0.129. The fourth-order valence-corrected chi connectivity index (χ4v) is 3.93. The van der Waals surface area contributed by atoms with Gasteiger partial charge >= 0.3 is 0 Å². The maximum absolute atomic E-state index is 12.5. The van der Waals surface area contributed by atoms with E-state index in [1.807, 2.05) is 66.7 Å². The molecule has 0 aliphatic rings. The highest BCUT2D eigenvalue weighted by atomic mass is 16.5. The molecule has 4 rings (SSSR count). The van der Waals surface area contributed by atoms with Gasteiger partial charge in [0.25, 0.3) is 0 Å². The normalized spacial score (nSPS) is 10.9. The Kier molecular flexibility index (Phi) is 7.97. The van der Waals surface area contributed by atoms with E-state index in [1.54, 1.807) is 19.2 Å². The quantitative estimate of drug-likeness (QED) is 0.279. The first-order valence-corrected chi connectivity index (χ1v) is 11.7. The number of phenols is 1. The predicted octanol–water partition coefficient (Wildman–Crippen LogP) is 6.49. The van der Waals surface area contributed by atoms with Crippen molar-refractivity contribution in [3.05, 3.63) is 119 Å². The van der Waals surface area contributed by atoms with Gasteiger partial charge in [-0.25, -0.2) is 0 Å². The van der Waals surface area contributed by atoms with Gasteiger partial charge < -0.3 is 15.2 Å². The van der Waals surface area contributed by atoms with Crippen LogP contribution in [0.3, 0.4) is 0 Å². The van der Waals surface area contributed by atoms with Gasteiger partial charge in [-0.15, -0.1) is 0 Å². The molecule has 0 saturated carbocycles. The molecular weight excluding hydrogens is 434 g/mol. The minimum Gasteiger partial charge on any atom is -0.508 e. The number of ether oxygens (including phenoxy) is 1. The number of methoxy groups -OCH3 is 1. The molecule has 0 fully saturated rings. The van der Waals surface area contributed by atoms with E-state index in [4.69, 9.17) is 4.74 Å². The van der Waals surface area contributed by atoms with E-state index >= 15 is 0 Å². The van der Waals surface area contributed by atoms with Crippen LogP contribution in [0.2, 0.25) is 0 Å². The lowest BCUT2D eigenvalue weighted by Crippen LogP contribution is -2.23. The largest absolute Gasteiger partial charge is 0.508 e. The predicted molar refractivity (Wildman–Crippen MR) is 142 cm³/mol. The minimum atomic E-state index is 0.0242. The SMILES string of the molecule is COc1ccc(CCC(=O)NCc2ccccc2-c2ccccc2/C=C/c2ccc(O)cc2)cc1. The Morgan fingerprint density at radius 3 is 2.26 bits per heavy atom. The summed E-state index contributed by atoms with van der Waals surface area (Å²) in [6.45, 7) is 0.466. The average Bonchev–Trinajstić information content (AvgIpc) is 2.91. The smallest absolute Gasteiger partial charge is 0.220 e. The van der Waals surface area contributed by atoms with Crippen LogP contribution in [-0.4, -0.2) is 18.1 Å². The number of aromatic hydroxyl groups is 1. The number of hydrogen-bond acceptors (Lipinski definition) is 3. The first kappa shape index (κ1) is 23.8. The summed E-state index contributed by atoms with van der Waals surface area (Å²) in [5.74, 6) is 1.09. The molecular formula is C31H29NO3. The van der Waals surface area contributed by atoms with Crippen molar-refractivity contribution in [1.29, 1.82) is 0 Å². The van der Waals surface area contributed by atoms with E-state index in [1.165, 1.54) is 0 Å². The summed E-state index contributed by atoms with van der Waals surface area (Å²) in [5, 5.41) is 12.6. The molecule has 0 saturated heterocycles. The highest BCUT2D eigenvalue weighted by Crippen LogP contribution is 2.29. The van der Waals surface area contributed by atoms with Crippen LogP contribution < -0.4 is 10.1 Å². The van der Waals surface area contributed by atoms with Crippen LogP contribution in [0.15, 0.2) is 97.1 Å². The zero-order valence-corrected chi connectivity index (χ0v) is 19.8. The van der Waals surface area contributed by atoms with Crippen molar-refractivity contribution in [3.8, 4) is 22.6 Å². The standard InChI is InChI=1S/C31H29NO3/c1-35-28-19-13-24(14-20-28)15-21-31(34)32-22-26-7-3-5-9-30(26)29-8-4-2-6-25(29)16-10-23-11-17-27(33)18-12-23/h2-14,16-20,33H,15,21-22H2,1H3,(H,32,34)/b16-10+. The number of amides is 1. The maximum Gasteiger partial charge on any atom is 0.220 e. The number of nitrogens with one attached hydrogen (secondary N) is 1. The van der Waals surface area contributed by atoms with Crippen LogP contribution in [0.1, 0.15) is 28.7 Å². The van der Waals surface area contributed by atoms with E-state index in [0.717, 1.165) is 39.1 Å². The van der Waals surface area contributed by atoms with Gasteiger partial charge in [0, 0.05) is 13.0 Å². The van der Waals surface area contributed by atoms with Crippen molar-refractivity contribution >= 4 is 18.1 Å². The molecule has 176 valence electrons. The van der Waals surface area contributed by atoms with Crippen LogP contribution in [0.4, 0.5) is 0 Å². The molecule has 0 radical (unpaired) electrons. The topological polar surface area (TPSA) is 58.6 Å². The molecule has 4 aromatic carbocycles. The van der Waals surface area contributed by atoms with E-state index in [-0.39, 0.29) is 11.7 Å². The van der Waals surface area contributed by atoms with Gasteiger partial charge in [0.1, 0.15) is 11.5 Å². The van der Waals surface area contributed by atoms with Crippen LogP contribution in [0.25, 0.3) is 23.3 Å². The van der Waals surface area contributed by atoms with Gasteiger partial charge in [-0.2, -0.15) is 0 Å². The third kappa shape index (κ3) is 6.61. The Morgan fingerprint density at radius 2 is 1.51 bits per heavy atom. The van der Waals surface area contributed by atoms with Crippen LogP contribution in [0, 0.1) is 0 Å². The second-order valence-electron chi connectivity index (χ2n) is 8.29. The molecule has 0 aliphatic heterocycles. The Morgan fingerprint density at radius 1 is 0.829 bits per heavy atom. The highest BCUT2D eigenvalue weighted by molar-refractivity contribution is 5.82. The molecule has 0 spiro atoms. The second-order valence-corrected chi connectivity index (χ2v) is 8.29. The number of carbonyl (C=O) groups excluding carboxylic acids is 1. The number of benzene rings is 4. The molecule has 0 heterocycles. The zero-order chi connectivity index (χ0) is 24.5. The van der Waals surface area contributed by atoms with Gasteiger partial charge in [-0.05, 0) is 64.1 Å². The Labute approximate surface area is 206 Å². The summed E-state index contributed by atoms with van der Waals surface area (Å²) >= 11 is 0. The Balaban J connectivity index is 1.44. The Bertz CT molecular complexity index is 1290. The van der Waals surface area contributed by atoms with Crippen LogP contribution in [0.5, 0.6) is 11.5 Å². The number of hydrogen-bond donors (Lipinski definition) is 2. The monoisotopic (exact) mass is 463 g/mol. The second kappa shape index (κ2) is 11.7. The average molecular weight is 464 g/mol. The molecule has 0 unspecified atom stereocenters. The summed E-state index contributed by atoms with van der Waals surface area (Å²) in [6.07, 6.45) is 5.22. The molecule has 0 aromatic heterocycles. The van der Waals surface area contributed by atoms with Crippen molar-refractivity contribution in [2.45, 2.75) is 19.4 Å². The summed E-state index contributed by atoms with van der Waals surface area (Å²) in [6, 6.07) is 31.3. The van der Waals surface area contributed by atoms with Crippen molar-refractivity contribution in [3.63, 3.8) is 0 Å². The molecule has 0 aliphatic carbocycles. The zero-order valence-electron chi connectivity index (χ0n) is 19.8. The molecule has 2 N–H and O–H groups in total. The Hall–Kier alpha value is -4.31. The lowest BCUT2D eigenvalue weighted by atomic mass is 9.94. The van der Waals surface area contributed by atoms with Crippen molar-refractivity contribution in [2.75, 3.05) is 7.11 Å². The molecule has 0 atom stereocenters. The van der Waals surface area contributed by atoms with Gasteiger partial charge in [0.05, 0.1) is 7.11 Å². The first-order chi connectivity index (χ1) is 17.1. The number of rotatable bonds is 9. The number of carbonyl (C=O) groups is 1. The lowest BCUT2D eigenvalue weighted by Gasteiger charge is -2.13. The highest BCUT2D eigenvalue weighted by Gasteiger charge is 2.09. The van der Waals surface area contributed by atoms with Gasteiger partial charge in [0.15, 0.2) is 0 Å². The third-order valence-electron chi connectivity index (χ3n) is 5.89. The first-order valence-electron chi connectivity index (χ1n) is 11.7. The van der Waals surface area contributed by atoms with E-state index in [9.17, 15) is 9.90 Å². The number of aryl methyl sites for hydroxylation is 1. The van der Waals surface area contributed by atoms with Crippen molar-refractivity contribution in [1.82, 2.24) is 5.32 Å². The summed E-state index contributed by atoms with van der Waals surface area (Å²) in [7, 11) is 1.64. The molecule has 35 heavy (non-hydrogen) atoms. The summed E-state index contributed by atoms with van der Waals surface area (Å²) < 4.78 is 5.19.